The molecule has 0 radical (unpaired) electrons. The average molecular weight is 327 g/mol. The molecule has 2 aromatic rings. The van der Waals surface area contributed by atoms with Gasteiger partial charge in [-0.2, -0.15) is 0 Å². The summed E-state index contributed by atoms with van der Waals surface area (Å²) in [6.07, 6.45) is 1.69. The van der Waals surface area contributed by atoms with Crippen LogP contribution in [0, 0.1) is 0 Å². The second-order valence-corrected chi connectivity index (χ2v) is 6.00. The molecule has 2 heterocycles. The van der Waals surface area contributed by atoms with Crippen molar-refractivity contribution >= 4 is 11.7 Å². The van der Waals surface area contributed by atoms with Gasteiger partial charge in [0, 0.05) is 13.0 Å². The molecule has 5 nitrogen and oxygen atoms in total. The Morgan fingerprint density at radius 1 is 1.21 bits per heavy atom. The van der Waals surface area contributed by atoms with Crippen molar-refractivity contribution in [2.24, 2.45) is 0 Å². The van der Waals surface area contributed by atoms with Crippen LogP contribution in [-0.2, 0) is 9.53 Å². The van der Waals surface area contributed by atoms with Crippen molar-refractivity contribution < 1.29 is 18.7 Å². The van der Waals surface area contributed by atoms with Crippen LogP contribution in [0.25, 0.3) is 0 Å². The van der Waals surface area contributed by atoms with Crippen LogP contribution in [0.5, 0.6) is 0 Å². The molecule has 3 rings (SSSR count). The van der Waals surface area contributed by atoms with Gasteiger partial charge in [-0.15, -0.1) is 0 Å². The largest absolute Gasteiger partial charge is 0.461 e. The van der Waals surface area contributed by atoms with Gasteiger partial charge in [-0.05, 0) is 24.6 Å². The van der Waals surface area contributed by atoms with Crippen molar-refractivity contribution in [3.05, 3.63) is 60.1 Å². The number of carbonyl (C=O) groups excluding carboxylic acids is 2. The van der Waals surface area contributed by atoms with Gasteiger partial charge in [0.05, 0.1) is 31.4 Å². The molecule has 5 heteroatoms. The quantitative estimate of drug-likeness (QED) is 0.792. The molecule has 126 valence electrons. The number of hydrogen-bond acceptors (Lipinski definition) is 4. The number of morpholine rings is 1. The minimum absolute atomic E-state index is 0.0294. The third kappa shape index (κ3) is 3.57. The number of carbonyl (C=O) groups is 2. The van der Waals surface area contributed by atoms with E-state index < -0.39 is 0 Å². The Balaban J connectivity index is 1.72. The van der Waals surface area contributed by atoms with Crippen LogP contribution in [-0.4, -0.2) is 42.4 Å². The highest BCUT2D eigenvalue weighted by Crippen LogP contribution is 2.22. The minimum Gasteiger partial charge on any atom is -0.461 e. The maximum absolute atomic E-state index is 12.9. The Bertz CT molecular complexity index is 681. The molecule has 0 N–H and O–H groups in total. The van der Waals surface area contributed by atoms with Crippen LogP contribution >= 0.6 is 0 Å². The maximum Gasteiger partial charge on any atom is 0.230 e. The predicted molar refractivity (Wildman–Crippen MR) is 88.8 cm³/mol. The van der Waals surface area contributed by atoms with Crippen LogP contribution in [0.2, 0.25) is 0 Å². The lowest BCUT2D eigenvalue weighted by Gasteiger charge is -2.37. The van der Waals surface area contributed by atoms with E-state index in [9.17, 15) is 9.59 Å². The van der Waals surface area contributed by atoms with Gasteiger partial charge < -0.3 is 14.1 Å². The number of Topliss-reactive ketones (excluding diaryl/α,β-unsaturated/α-hetero) is 1. The number of amides is 1. The molecular weight excluding hydrogens is 306 g/mol. The standard InChI is InChI=1S/C19H21NO4/c1-14(15-6-3-2-4-7-15)19(22)20-9-11-23-13-16(20)12-17(21)18-8-5-10-24-18/h2-8,10,14,16H,9,11-13H2,1H3/t14-,16-/m0/s1. The number of furan rings is 1. The Morgan fingerprint density at radius 3 is 2.71 bits per heavy atom. The summed E-state index contributed by atoms with van der Waals surface area (Å²) in [4.78, 5) is 27.0. The summed E-state index contributed by atoms with van der Waals surface area (Å²) in [6, 6.07) is 12.8. The predicted octanol–water partition coefficient (Wildman–Crippen LogP) is 2.88. The molecule has 1 saturated heterocycles. The topological polar surface area (TPSA) is 59.8 Å². The lowest BCUT2D eigenvalue weighted by atomic mass is 9.97. The van der Waals surface area contributed by atoms with Crippen molar-refractivity contribution in [1.82, 2.24) is 4.90 Å². The van der Waals surface area contributed by atoms with Gasteiger partial charge in [-0.25, -0.2) is 0 Å². The molecule has 1 amide bonds. The highest BCUT2D eigenvalue weighted by Gasteiger charge is 2.32. The molecule has 1 aliphatic rings. The summed E-state index contributed by atoms with van der Waals surface area (Å²) in [5.74, 6) is -0.00277. The van der Waals surface area contributed by atoms with E-state index >= 15 is 0 Å². The number of benzene rings is 1. The first-order valence-corrected chi connectivity index (χ1v) is 8.16. The van der Waals surface area contributed by atoms with E-state index in [1.807, 2.05) is 37.3 Å². The number of ether oxygens (including phenoxy) is 1. The van der Waals surface area contributed by atoms with Crippen LogP contribution < -0.4 is 0 Å². The summed E-state index contributed by atoms with van der Waals surface area (Å²) < 4.78 is 10.6. The van der Waals surface area contributed by atoms with Crippen LogP contribution in [0.1, 0.15) is 35.4 Å². The van der Waals surface area contributed by atoms with E-state index in [0.29, 0.717) is 25.5 Å². The fraction of sp³-hybridized carbons (Fsp3) is 0.368. The first-order chi connectivity index (χ1) is 11.7. The van der Waals surface area contributed by atoms with Crippen LogP contribution in [0.15, 0.2) is 53.1 Å². The minimum atomic E-state index is -0.255. The lowest BCUT2D eigenvalue weighted by molar-refractivity contribution is -0.141. The fourth-order valence-corrected chi connectivity index (χ4v) is 3.00. The van der Waals surface area contributed by atoms with Gasteiger partial charge in [-0.3, -0.25) is 9.59 Å². The summed E-state index contributed by atoms with van der Waals surface area (Å²) in [5.41, 5.74) is 0.977. The van der Waals surface area contributed by atoms with Gasteiger partial charge in [0.15, 0.2) is 11.5 Å². The zero-order valence-electron chi connectivity index (χ0n) is 13.7. The van der Waals surface area contributed by atoms with Crippen LogP contribution in [0.3, 0.4) is 0 Å². The van der Waals surface area contributed by atoms with E-state index in [1.54, 1.807) is 17.0 Å². The van der Waals surface area contributed by atoms with E-state index in [1.165, 1.54) is 6.26 Å². The summed E-state index contributed by atoms with van der Waals surface area (Å²) in [5, 5.41) is 0. The van der Waals surface area contributed by atoms with Crippen molar-refractivity contribution in [3.8, 4) is 0 Å². The molecule has 1 aliphatic heterocycles. The molecule has 0 unspecified atom stereocenters. The Morgan fingerprint density at radius 2 is 2.00 bits per heavy atom. The molecule has 1 fully saturated rings. The van der Waals surface area contributed by atoms with Gasteiger partial charge in [-0.1, -0.05) is 30.3 Å². The molecular formula is C19H21NO4. The number of hydrogen-bond donors (Lipinski definition) is 0. The Labute approximate surface area is 141 Å². The highest BCUT2D eigenvalue weighted by atomic mass is 16.5. The second kappa shape index (κ2) is 7.45. The maximum atomic E-state index is 12.9. The van der Waals surface area contributed by atoms with Crippen molar-refractivity contribution in [2.75, 3.05) is 19.8 Å². The summed E-state index contributed by atoms with van der Waals surface area (Å²) in [6.45, 7) is 3.28. The van der Waals surface area contributed by atoms with Gasteiger partial charge in [0.2, 0.25) is 5.91 Å². The van der Waals surface area contributed by atoms with Crippen molar-refractivity contribution in [1.29, 1.82) is 0 Å². The van der Waals surface area contributed by atoms with Gasteiger partial charge in [0.1, 0.15) is 0 Å². The van der Waals surface area contributed by atoms with E-state index in [0.717, 1.165) is 5.56 Å². The Kier molecular flexibility index (Phi) is 5.11. The third-order valence-electron chi connectivity index (χ3n) is 4.40. The highest BCUT2D eigenvalue weighted by molar-refractivity contribution is 5.94. The first kappa shape index (κ1) is 16.5. The van der Waals surface area contributed by atoms with Crippen molar-refractivity contribution in [2.45, 2.75) is 25.3 Å². The zero-order chi connectivity index (χ0) is 16.9. The molecule has 1 aromatic heterocycles. The summed E-state index contributed by atoms with van der Waals surface area (Å²) >= 11 is 0. The van der Waals surface area contributed by atoms with E-state index in [4.69, 9.17) is 9.15 Å². The van der Waals surface area contributed by atoms with E-state index in [-0.39, 0.29) is 30.1 Å². The number of nitrogens with zero attached hydrogens (tertiary/aromatic N) is 1. The molecule has 24 heavy (non-hydrogen) atoms. The molecule has 2 atom stereocenters. The zero-order valence-corrected chi connectivity index (χ0v) is 13.7. The molecule has 1 aromatic carbocycles. The third-order valence-corrected chi connectivity index (χ3v) is 4.40. The average Bonchev–Trinajstić information content (AvgIpc) is 3.16. The molecule has 0 saturated carbocycles. The monoisotopic (exact) mass is 327 g/mol. The second-order valence-electron chi connectivity index (χ2n) is 6.00. The first-order valence-electron chi connectivity index (χ1n) is 8.16. The number of rotatable bonds is 5. The van der Waals surface area contributed by atoms with Crippen molar-refractivity contribution in [3.63, 3.8) is 0 Å². The lowest BCUT2D eigenvalue weighted by Crippen LogP contribution is -2.50. The molecule has 0 spiro atoms. The SMILES string of the molecule is C[C@H](C(=O)N1CCOC[C@@H]1CC(=O)c1ccco1)c1ccccc1. The molecule has 0 bridgehead atoms. The van der Waals surface area contributed by atoms with Gasteiger partial charge >= 0.3 is 0 Å². The normalized spacial score (nSPS) is 19.0. The van der Waals surface area contributed by atoms with Gasteiger partial charge in [0.25, 0.3) is 0 Å². The fourth-order valence-electron chi connectivity index (χ4n) is 3.00. The van der Waals surface area contributed by atoms with Crippen LogP contribution in [0.4, 0.5) is 0 Å². The summed E-state index contributed by atoms with van der Waals surface area (Å²) in [7, 11) is 0. The smallest absolute Gasteiger partial charge is 0.230 e. The Hall–Kier alpha value is -2.40. The van der Waals surface area contributed by atoms with E-state index in [2.05, 4.69) is 0 Å². The number of ketones is 1. The molecule has 0 aliphatic carbocycles.